The highest BCUT2D eigenvalue weighted by molar-refractivity contribution is 9.11. The van der Waals surface area contributed by atoms with Crippen molar-refractivity contribution in [1.29, 1.82) is 0 Å². The third kappa shape index (κ3) is 3.99. The largest absolute Gasteiger partial charge is 0.397 e. The Hall–Kier alpha value is -0.530. The van der Waals surface area contributed by atoms with Gasteiger partial charge < -0.3 is 10.3 Å². The maximum Gasteiger partial charge on any atom is 0.260 e. The normalized spacial score (nSPS) is 11.2. The Morgan fingerprint density at radius 2 is 2.10 bits per heavy atom. The number of nitrogen functional groups attached to an aromatic ring is 1. The summed E-state index contributed by atoms with van der Waals surface area (Å²) < 4.78 is 7.01. The zero-order valence-electron chi connectivity index (χ0n) is 11.2. The van der Waals surface area contributed by atoms with Gasteiger partial charge in [-0.05, 0) is 39.7 Å². The van der Waals surface area contributed by atoms with Gasteiger partial charge in [-0.3, -0.25) is 0 Å². The van der Waals surface area contributed by atoms with Crippen LogP contribution in [0.2, 0.25) is 0 Å². The number of rotatable bonds is 5. The Morgan fingerprint density at radius 1 is 1.35 bits per heavy atom. The van der Waals surface area contributed by atoms with E-state index in [1.54, 1.807) is 11.8 Å². The number of hydrogen-bond donors (Lipinski definition) is 1. The molecule has 2 aromatic rings. The van der Waals surface area contributed by atoms with Crippen molar-refractivity contribution in [3.63, 3.8) is 0 Å². The molecule has 7 heteroatoms. The second-order valence-electron chi connectivity index (χ2n) is 4.77. The Bertz CT molecular complexity index is 601. The smallest absolute Gasteiger partial charge is 0.260 e. The molecule has 20 heavy (non-hydrogen) atoms. The summed E-state index contributed by atoms with van der Waals surface area (Å²) in [5, 5.41) is 4.00. The van der Waals surface area contributed by atoms with Crippen molar-refractivity contribution in [3.8, 4) is 11.5 Å². The van der Waals surface area contributed by atoms with E-state index in [9.17, 15) is 0 Å². The van der Waals surface area contributed by atoms with Gasteiger partial charge in [0, 0.05) is 8.95 Å². The lowest BCUT2D eigenvalue weighted by molar-refractivity contribution is 0.425. The average molecular weight is 421 g/mol. The molecule has 0 aliphatic carbocycles. The van der Waals surface area contributed by atoms with Crippen LogP contribution in [0.1, 0.15) is 19.7 Å². The summed E-state index contributed by atoms with van der Waals surface area (Å²) in [7, 11) is 0. The molecule has 1 heterocycles. The molecule has 2 N–H and O–H groups in total. The van der Waals surface area contributed by atoms with Crippen LogP contribution >= 0.6 is 43.6 Å². The Labute approximate surface area is 139 Å². The van der Waals surface area contributed by atoms with Crippen LogP contribution in [0.15, 0.2) is 25.6 Å². The maximum atomic E-state index is 6.03. The minimum absolute atomic E-state index is 0.449. The molecule has 0 radical (unpaired) electrons. The number of hydrogen-bond acceptors (Lipinski definition) is 5. The number of thioether (sulfide) groups is 1. The van der Waals surface area contributed by atoms with E-state index < -0.39 is 0 Å². The molecule has 0 bridgehead atoms. The predicted molar refractivity (Wildman–Crippen MR) is 90.5 cm³/mol. The standard InChI is InChI=1S/C13H15Br2N3OS/c1-7(2)5-20-6-11-17-13(19-18-11)9-3-8(14)4-10(15)12(9)16/h3-4,7H,5-6,16H2,1-2H3. The van der Waals surface area contributed by atoms with E-state index in [0.29, 0.717) is 23.3 Å². The van der Waals surface area contributed by atoms with Gasteiger partial charge in [-0.2, -0.15) is 16.7 Å². The summed E-state index contributed by atoms with van der Waals surface area (Å²) >= 11 is 8.64. The molecular formula is C13H15Br2N3OS. The molecule has 1 aromatic carbocycles. The van der Waals surface area contributed by atoms with Gasteiger partial charge in [0.15, 0.2) is 5.82 Å². The SMILES string of the molecule is CC(C)CSCc1noc(-c2cc(Br)cc(Br)c2N)n1. The van der Waals surface area contributed by atoms with E-state index in [4.69, 9.17) is 10.3 Å². The van der Waals surface area contributed by atoms with Crippen molar-refractivity contribution in [1.82, 2.24) is 10.1 Å². The number of anilines is 1. The lowest BCUT2D eigenvalue weighted by Crippen LogP contribution is -1.94. The molecule has 2 rings (SSSR count). The van der Waals surface area contributed by atoms with E-state index in [2.05, 4.69) is 55.8 Å². The first-order valence-electron chi connectivity index (χ1n) is 6.12. The minimum atomic E-state index is 0.449. The quantitative estimate of drug-likeness (QED) is 0.708. The summed E-state index contributed by atoms with van der Waals surface area (Å²) in [6.45, 7) is 4.38. The summed E-state index contributed by atoms with van der Waals surface area (Å²) in [4.78, 5) is 4.40. The molecule has 108 valence electrons. The van der Waals surface area contributed by atoms with Crippen LogP contribution < -0.4 is 5.73 Å². The molecule has 0 saturated heterocycles. The van der Waals surface area contributed by atoms with Gasteiger partial charge in [0.05, 0.1) is 17.0 Å². The zero-order valence-corrected chi connectivity index (χ0v) is 15.2. The molecule has 0 amide bonds. The highest BCUT2D eigenvalue weighted by Gasteiger charge is 2.14. The van der Waals surface area contributed by atoms with E-state index >= 15 is 0 Å². The fourth-order valence-corrected chi connectivity index (χ4v) is 3.68. The topological polar surface area (TPSA) is 64.9 Å². The highest BCUT2D eigenvalue weighted by Crippen LogP contribution is 2.34. The van der Waals surface area contributed by atoms with Gasteiger partial charge in [0.25, 0.3) is 5.89 Å². The first kappa shape index (κ1) is 15.9. The molecule has 0 aliphatic rings. The molecule has 0 aliphatic heterocycles. The van der Waals surface area contributed by atoms with Crippen molar-refractivity contribution in [2.24, 2.45) is 5.92 Å². The third-order valence-corrected chi connectivity index (χ3v) is 4.95. The summed E-state index contributed by atoms with van der Waals surface area (Å²) in [5.41, 5.74) is 7.36. The van der Waals surface area contributed by atoms with Crippen LogP contribution in [0.25, 0.3) is 11.5 Å². The van der Waals surface area contributed by atoms with Crippen LogP contribution in [-0.4, -0.2) is 15.9 Å². The third-order valence-electron chi connectivity index (χ3n) is 2.48. The van der Waals surface area contributed by atoms with Gasteiger partial charge in [0.2, 0.25) is 0 Å². The lowest BCUT2D eigenvalue weighted by atomic mass is 10.2. The highest BCUT2D eigenvalue weighted by atomic mass is 79.9. The number of nitrogens with zero attached hydrogens (tertiary/aromatic N) is 2. The molecular weight excluding hydrogens is 406 g/mol. The number of benzene rings is 1. The lowest BCUT2D eigenvalue weighted by Gasteiger charge is -2.04. The first-order chi connectivity index (χ1) is 9.47. The predicted octanol–water partition coefficient (Wildman–Crippen LogP) is 4.73. The second kappa shape index (κ2) is 6.95. The zero-order chi connectivity index (χ0) is 14.7. The fourth-order valence-electron chi connectivity index (χ4n) is 1.57. The van der Waals surface area contributed by atoms with Crippen molar-refractivity contribution in [2.45, 2.75) is 19.6 Å². The molecule has 1 aromatic heterocycles. The average Bonchev–Trinajstić information content (AvgIpc) is 2.82. The Morgan fingerprint density at radius 3 is 2.80 bits per heavy atom. The summed E-state index contributed by atoms with van der Waals surface area (Å²) in [6.07, 6.45) is 0. The van der Waals surface area contributed by atoms with Gasteiger partial charge in [-0.1, -0.05) is 34.9 Å². The van der Waals surface area contributed by atoms with Crippen LogP contribution in [0.4, 0.5) is 5.69 Å². The Balaban J connectivity index is 2.16. The maximum absolute atomic E-state index is 6.03. The number of halogens is 2. The molecule has 0 fully saturated rings. The van der Waals surface area contributed by atoms with Crippen LogP contribution in [0.5, 0.6) is 0 Å². The van der Waals surface area contributed by atoms with Crippen LogP contribution in [0.3, 0.4) is 0 Å². The molecule has 4 nitrogen and oxygen atoms in total. The van der Waals surface area contributed by atoms with E-state index in [-0.39, 0.29) is 0 Å². The van der Waals surface area contributed by atoms with Crippen molar-refractivity contribution < 1.29 is 4.52 Å². The van der Waals surface area contributed by atoms with Gasteiger partial charge in [-0.15, -0.1) is 0 Å². The summed E-state index contributed by atoms with van der Waals surface area (Å²) in [5.74, 6) is 3.62. The molecule has 0 spiro atoms. The monoisotopic (exact) mass is 419 g/mol. The molecule has 0 atom stereocenters. The van der Waals surface area contributed by atoms with Gasteiger partial charge >= 0.3 is 0 Å². The number of aromatic nitrogens is 2. The van der Waals surface area contributed by atoms with E-state index in [1.807, 2.05) is 12.1 Å². The minimum Gasteiger partial charge on any atom is -0.397 e. The molecule has 0 unspecified atom stereocenters. The van der Waals surface area contributed by atoms with E-state index in [1.165, 1.54) is 0 Å². The first-order valence-corrected chi connectivity index (χ1v) is 8.86. The van der Waals surface area contributed by atoms with Gasteiger partial charge in [0.1, 0.15) is 0 Å². The fraction of sp³-hybridized carbons (Fsp3) is 0.385. The number of nitrogens with two attached hydrogens (primary N) is 1. The molecule has 0 saturated carbocycles. The summed E-state index contributed by atoms with van der Waals surface area (Å²) in [6, 6.07) is 3.76. The Kier molecular flexibility index (Phi) is 5.51. The van der Waals surface area contributed by atoms with Crippen LogP contribution in [0, 0.1) is 5.92 Å². The van der Waals surface area contributed by atoms with E-state index in [0.717, 1.165) is 26.0 Å². The van der Waals surface area contributed by atoms with Crippen molar-refractivity contribution >= 4 is 49.3 Å². The van der Waals surface area contributed by atoms with Crippen molar-refractivity contribution in [3.05, 3.63) is 26.9 Å². The van der Waals surface area contributed by atoms with Crippen LogP contribution in [-0.2, 0) is 5.75 Å². The van der Waals surface area contributed by atoms with Crippen molar-refractivity contribution in [2.75, 3.05) is 11.5 Å². The second-order valence-corrected chi connectivity index (χ2v) is 7.57. The van der Waals surface area contributed by atoms with Gasteiger partial charge in [-0.25, -0.2) is 0 Å².